The van der Waals surface area contributed by atoms with Gasteiger partial charge in [-0.2, -0.15) is 0 Å². The van der Waals surface area contributed by atoms with E-state index < -0.39 is 4.75 Å². The molecule has 0 aliphatic heterocycles. The van der Waals surface area contributed by atoms with Crippen molar-refractivity contribution in [3.05, 3.63) is 60.6 Å². The van der Waals surface area contributed by atoms with Gasteiger partial charge < -0.3 is 5.73 Å². The highest BCUT2D eigenvalue weighted by Crippen LogP contribution is 2.38. The second-order valence-electron chi connectivity index (χ2n) is 5.74. The Hall–Kier alpha value is -2.40. The van der Waals surface area contributed by atoms with Crippen molar-refractivity contribution < 1.29 is 4.79 Å². The highest BCUT2D eigenvalue weighted by molar-refractivity contribution is 8.01. The molecule has 0 saturated heterocycles. The van der Waals surface area contributed by atoms with Gasteiger partial charge in [-0.25, -0.2) is 0 Å². The number of nitrogen functional groups attached to an aromatic ring is 1. The van der Waals surface area contributed by atoms with Crippen LogP contribution in [0.15, 0.2) is 59.8 Å². The Morgan fingerprint density at radius 1 is 1.09 bits per heavy atom. The molecule has 116 valence electrons. The van der Waals surface area contributed by atoms with Crippen LogP contribution in [0.25, 0.3) is 10.9 Å². The van der Waals surface area contributed by atoms with Crippen LogP contribution in [-0.2, 0) is 0 Å². The minimum atomic E-state index is -0.662. The molecule has 3 aromatic rings. The van der Waals surface area contributed by atoms with Gasteiger partial charge >= 0.3 is 0 Å². The summed E-state index contributed by atoms with van der Waals surface area (Å²) in [6, 6.07) is 13.1. The normalized spacial score (nSPS) is 11.6. The van der Waals surface area contributed by atoms with E-state index in [1.807, 2.05) is 44.2 Å². The van der Waals surface area contributed by atoms with Crippen LogP contribution in [-0.4, -0.2) is 20.5 Å². The van der Waals surface area contributed by atoms with Crippen LogP contribution >= 0.6 is 11.8 Å². The van der Waals surface area contributed by atoms with Crippen LogP contribution in [0.5, 0.6) is 0 Å². The van der Waals surface area contributed by atoms with Crippen molar-refractivity contribution in [3.8, 4) is 0 Å². The average Bonchev–Trinajstić information content (AvgIpc) is 2.54. The molecule has 2 aromatic heterocycles. The predicted octanol–water partition coefficient (Wildman–Crippen LogP) is 3.97. The third-order valence-electron chi connectivity index (χ3n) is 3.54. The summed E-state index contributed by atoms with van der Waals surface area (Å²) < 4.78 is -0.662. The predicted molar refractivity (Wildman–Crippen MR) is 94.7 cm³/mol. The van der Waals surface area contributed by atoms with E-state index in [0.29, 0.717) is 11.4 Å². The Labute approximate surface area is 139 Å². The van der Waals surface area contributed by atoms with Gasteiger partial charge in [0.05, 0.1) is 10.3 Å². The SMILES string of the molecule is CC(C)(Sc1ccnc2ccccc12)C(=O)c1cc(N)ccn1. The maximum absolute atomic E-state index is 12.8. The third-order valence-corrected chi connectivity index (χ3v) is 4.81. The summed E-state index contributed by atoms with van der Waals surface area (Å²) in [6.45, 7) is 3.81. The van der Waals surface area contributed by atoms with Crippen molar-refractivity contribution in [2.75, 3.05) is 5.73 Å². The van der Waals surface area contributed by atoms with Crippen LogP contribution in [0.2, 0.25) is 0 Å². The van der Waals surface area contributed by atoms with Crippen molar-refractivity contribution >= 4 is 34.1 Å². The van der Waals surface area contributed by atoms with Crippen molar-refractivity contribution in [3.63, 3.8) is 0 Å². The van der Waals surface area contributed by atoms with Gasteiger partial charge in [-0.3, -0.25) is 14.8 Å². The van der Waals surface area contributed by atoms with Gasteiger partial charge in [-0.1, -0.05) is 18.2 Å². The molecule has 0 bridgehead atoms. The summed E-state index contributed by atoms with van der Waals surface area (Å²) in [6.07, 6.45) is 3.33. The van der Waals surface area contributed by atoms with Gasteiger partial charge in [0.1, 0.15) is 5.69 Å². The Balaban J connectivity index is 1.95. The number of hydrogen-bond acceptors (Lipinski definition) is 5. The van der Waals surface area contributed by atoms with Gasteiger partial charge in [-0.15, -0.1) is 11.8 Å². The second kappa shape index (κ2) is 6.01. The van der Waals surface area contributed by atoms with Crippen LogP contribution in [0.4, 0.5) is 5.69 Å². The van der Waals surface area contributed by atoms with Gasteiger partial charge in [0.2, 0.25) is 0 Å². The Morgan fingerprint density at radius 3 is 2.61 bits per heavy atom. The molecule has 2 N–H and O–H groups in total. The van der Waals surface area contributed by atoms with Crippen LogP contribution in [0.1, 0.15) is 24.3 Å². The molecule has 23 heavy (non-hydrogen) atoms. The summed E-state index contributed by atoms with van der Waals surface area (Å²) in [5.74, 6) is -0.0457. The van der Waals surface area contributed by atoms with E-state index in [0.717, 1.165) is 15.8 Å². The Bertz CT molecular complexity index is 872. The monoisotopic (exact) mass is 323 g/mol. The summed E-state index contributed by atoms with van der Waals surface area (Å²) in [5.41, 5.74) is 7.61. The fourth-order valence-electron chi connectivity index (χ4n) is 2.36. The highest BCUT2D eigenvalue weighted by atomic mass is 32.2. The fraction of sp³-hybridized carbons (Fsp3) is 0.167. The number of carbonyl (C=O) groups excluding carboxylic acids is 1. The second-order valence-corrected chi connectivity index (χ2v) is 7.41. The molecule has 2 heterocycles. The third kappa shape index (κ3) is 3.19. The van der Waals surface area contributed by atoms with Crippen molar-refractivity contribution in [1.82, 2.24) is 9.97 Å². The van der Waals surface area contributed by atoms with Crippen LogP contribution < -0.4 is 5.73 Å². The standard InChI is InChI=1S/C18H17N3OS/c1-18(2,17(22)15-11-12(19)7-9-21-15)23-16-8-10-20-14-6-4-3-5-13(14)16/h3-11H,1-2H3,(H2,19,21). The number of nitrogens with zero attached hydrogens (tertiary/aromatic N) is 2. The van der Waals surface area contributed by atoms with Crippen LogP contribution in [0, 0.1) is 0 Å². The first-order valence-corrected chi connectivity index (χ1v) is 8.08. The van der Waals surface area contributed by atoms with Gasteiger partial charge in [-0.05, 0) is 38.1 Å². The number of ketones is 1. The molecule has 0 saturated carbocycles. The zero-order valence-electron chi connectivity index (χ0n) is 13.0. The molecular weight excluding hydrogens is 306 g/mol. The zero-order valence-corrected chi connectivity index (χ0v) is 13.8. The topological polar surface area (TPSA) is 68.9 Å². The van der Waals surface area contributed by atoms with E-state index >= 15 is 0 Å². The smallest absolute Gasteiger partial charge is 0.197 e. The number of aromatic nitrogens is 2. The summed E-state index contributed by atoms with van der Waals surface area (Å²) in [7, 11) is 0. The number of para-hydroxylation sites is 1. The van der Waals surface area contributed by atoms with Gasteiger partial charge in [0.15, 0.2) is 5.78 Å². The van der Waals surface area contributed by atoms with Crippen molar-refractivity contribution in [1.29, 1.82) is 0 Å². The number of rotatable bonds is 4. The number of carbonyl (C=O) groups is 1. The largest absolute Gasteiger partial charge is 0.399 e. The number of fused-ring (bicyclic) bond motifs is 1. The van der Waals surface area contributed by atoms with Crippen molar-refractivity contribution in [2.45, 2.75) is 23.5 Å². The minimum Gasteiger partial charge on any atom is -0.399 e. The molecule has 0 spiro atoms. The van der Waals surface area contributed by atoms with E-state index in [4.69, 9.17) is 5.73 Å². The molecule has 5 heteroatoms. The highest BCUT2D eigenvalue weighted by Gasteiger charge is 2.31. The number of hydrogen-bond donors (Lipinski definition) is 1. The van der Waals surface area contributed by atoms with Gasteiger partial charge in [0.25, 0.3) is 0 Å². The van der Waals surface area contributed by atoms with E-state index in [-0.39, 0.29) is 5.78 Å². The quantitative estimate of drug-likeness (QED) is 0.581. The number of benzene rings is 1. The van der Waals surface area contributed by atoms with E-state index in [1.54, 1.807) is 24.5 Å². The molecule has 0 radical (unpaired) electrons. The zero-order chi connectivity index (χ0) is 16.4. The fourth-order valence-corrected chi connectivity index (χ4v) is 3.52. The molecular formula is C18H17N3OS. The summed E-state index contributed by atoms with van der Waals surface area (Å²) in [5, 5.41) is 1.04. The molecule has 4 nitrogen and oxygen atoms in total. The molecule has 1 aromatic carbocycles. The lowest BCUT2D eigenvalue weighted by atomic mass is 10.0. The molecule has 0 aliphatic rings. The number of anilines is 1. The number of thioether (sulfide) groups is 1. The van der Waals surface area contributed by atoms with E-state index in [1.165, 1.54) is 11.8 Å². The lowest BCUT2D eigenvalue weighted by Gasteiger charge is -2.22. The van der Waals surface area contributed by atoms with Crippen molar-refractivity contribution in [2.24, 2.45) is 0 Å². The molecule has 0 atom stereocenters. The number of nitrogens with two attached hydrogens (primary N) is 1. The molecule has 3 rings (SSSR count). The van der Waals surface area contributed by atoms with Gasteiger partial charge in [0, 0.05) is 28.4 Å². The maximum atomic E-state index is 12.8. The molecule has 0 fully saturated rings. The number of pyridine rings is 2. The lowest BCUT2D eigenvalue weighted by Crippen LogP contribution is -2.28. The summed E-state index contributed by atoms with van der Waals surface area (Å²) >= 11 is 1.51. The van der Waals surface area contributed by atoms with Crippen LogP contribution in [0.3, 0.4) is 0 Å². The molecule has 0 amide bonds. The maximum Gasteiger partial charge on any atom is 0.197 e. The van der Waals surface area contributed by atoms with E-state index in [2.05, 4.69) is 9.97 Å². The number of Topliss-reactive ketones (excluding diaryl/α,β-unsaturated/α-hetero) is 1. The first-order valence-electron chi connectivity index (χ1n) is 7.26. The molecule has 0 aliphatic carbocycles. The minimum absolute atomic E-state index is 0.0457. The lowest BCUT2D eigenvalue weighted by molar-refractivity contribution is 0.0953. The average molecular weight is 323 g/mol. The molecule has 0 unspecified atom stereocenters. The first kappa shape index (κ1) is 15.5. The summed E-state index contributed by atoms with van der Waals surface area (Å²) in [4.78, 5) is 22.3. The first-order chi connectivity index (χ1) is 11.0. The Kier molecular flexibility index (Phi) is 4.05. The van der Waals surface area contributed by atoms with E-state index in [9.17, 15) is 4.79 Å². The Morgan fingerprint density at radius 2 is 1.83 bits per heavy atom.